The normalized spacial score (nSPS) is 16.2. The highest BCUT2D eigenvalue weighted by molar-refractivity contribution is 6.35. The van der Waals surface area contributed by atoms with Crippen LogP contribution in [-0.2, 0) is 6.42 Å². The Labute approximate surface area is 99.5 Å². The summed E-state index contributed by atoms with van der Waals surface area (Å²) in [5.41, 5.74) is 1.10. The molecule has 1 aliphatic heterocycles. The third-order valence-electron chi connectivity index (χ3n) is 2.66. The van der Waals surface area contributed by atoms with Crippen molar-refractivity contribution < 1.29 is 4.74 Å². The Morgan fingerprint density at radius 2 is 2.13 bits per heavy atom. The summed E-state index contributed by atoms with van der Waals surface area (Å²) in [5.74, 6) is 1.43. The van der Waals surface area contributed by atoms with E-state index in [0.717, 1.165) is 30.8 Å². The molecule has 1 fully saturated rings. The average molecular weight is 246 g/mol. The van der Waals surface area contributed by atoms with E-state index in [1.54, 1.807) is 13.2 Å². The molecule has 82 valence electrons. The van der Waals surface area contributed by atoms with Gasteiger partial charge in [0.2, 0.25) is 0 Å². The predicted octanol–water partition coefficient (Wildman–Crippen LogP) is 2.76. The number of hydrogen-bond donors (Lipinski definition) is 1. The minimum atomic E-state index is 0.590. The third-order valence-corrected chi connectivity index (χ3v) is 3.16. The molecule has 0 radical (unpaired) electrons. The summed E-state index contributed by atoms with van der Waals surface area (Å²) in [7, 11) is 1.64. The van der Waals surface area contributed by atoms with E-state index >= 15 is 0 Å². The van der Waals surface area contributed by atoms with Gasteiger partial charge in [0.05, 0.1) is 12.1 Å². The van der Waals surface area contributed by atoms with Crippen LogP contribution in [0.1, 0.15) is 5.56 Å². The van der Waals surface area contributed by atoms with Gasteiger partial charge in [-0.05, 0) is 43.1 Å². The number of nitrogens with one attached hydrogen (secondary N) is 1. The van der Waals surface area contributed by atoms with Crippen LogP contribution in [0.3, 0.4) is 0 Å². The Kier molecular flexibility index (Phi) is 3.39. The highest BCUT2D eigenvalue weighted by atomic mass is 35.5. The van der Waals surface area contributed by atoms with Crippen LogP contribution in [0.25, 0.3) is 0 Å². The fourth-order valence-electron chi connectivity index (χ4n) is 1.80. The SMILES string of the molecule is COc1c(Cl)cc(Cl)cc1CC1CNC1. The lowest BCUT2D eigenvalue weighted by Gasteiger charge is -2.27. The molecule has 0 bridgehead atoms. The summed E-state index contributed by atoms with van der Waals surface area (Å²) in [6.07, 6.45) is 0.969. The van der Waals surface area contributed by atoms with Crippen molar-refractivity contribution in [1.82, 2.24) is 5.32 Å². The lowest BCUT2D eigenvalue weighted by molar-refractivity contribution is 0.338. The molecule has 1 heterocycles. The summed E-state index contributed by atoms with van der Waals surface area (Å²) in [5, 5.41) is 4.50. The topological polar surface area (TPSA) is 21.3 Å². The zero-order valence-corrected chi connectivity index (χ0v) is 10.0. The first-order valence-electron chi connectivity index (χ1n) is 4.93. The van der Waals surface area contributed by atoms with Crippen LogP contribution in [0, 0.1) is 5.92 Å². The highest BCUT2D eigenvalue weighted by Crippen LogP contribution is 2.33. The van der Waals surface area contributed by atoms with Crippen molar-refractivity contribution in [2.45, 2.75) is 6.42 Å². The molecule has 0 amide bonds. The molecule has 2 nitrogen and oxygen atoms in total. The number of benzene rings is 1. The van der Waals surface area contributed by atoms with E-state index in [1.807, 2.05) is 6.07 Å². The van der Waals surface area contributed by atoms with E-state index in [1.165, 1.54) is 0 Å². The molecule has 0 atom stereocenters. The summed E-state index contributed by atoms with van der Waals surface area (Å²) in [4.78, 5) is 0. The van der Waals surface area contributed by atoms with Crippen LogP contribution >= 0.6 is 23.2 Å². The van der Waals surface area contributed by atoms with Gasteiger partial charge in [0.15, 0.2) is 0 Å². The Bertz CT molecular complexity index is 364. The van der Waals surface area contributed by atoms with Crippen LogP contribution in [-0.4, -0.2) is 20.2 Å². The molecule has 4 heteroatoms. The van der Waals surface area contributed by atoms with Crippen molar-refractivity contribution in [3.05, 3.63) is 27.7 Å². The molecule has 0 spiro atoms. The standard InChI is InChI=1S/C11H13Cl2NO/c1-15-11-8(2-7-5-14-6-7)3-9(12)4-10(11)13/h3-4,7,14H,2,5-6H2,1H3. The van der Waals surface area contributed by atoms with Gasteiger partial charge < -0.3 is 10.1 Å². The molecule has 0 saturated carbocycles. The number of ether oxygens (including phenoxy) is 1. The summed E-state index contributed by atoms with van der Waals surface area (Å²) >= 11 is 12.0. The second-order valence-corrected chi connectivity index (χ2v) is 4.65. The lowest BCUT2D eigenvalue weighted by atomic mass is 9.94. The Hall–Kier alpha value is -0.440. The first kappa shape index (κ1) is 11.1. The minimum absolute atomic E-state index is 0.590. The molecule has 2 rings (SSSR count). The Balaban J connectivity index is 2.25. The Morgan fingerprint density at radius 1 is 1.40 bits per heavy atom. The maximum absolute atomic E-state index is 6.05. The first-order valence-corrected chi connectivity index (χ1v) is 5.69. The number of methoxy groups -OCH3 is 1. The molecule has 0 unspecified atom stereocenters. The molecule has 0 aromatic heterocycles. The second kappa shape index (κ2) is 4.60. The van der Waals surface area contributed by atoms with E-state index in [2.05, 4.69) is 5.32 Å². The quantitative estimate of drug-likeness (QED) is 0.885. The summed E-state index contributed by atoms with van der Waals surface area (Å²) in [6.45, 7) is 2.13. The molecule has 1 aromatic rings. The van der Waals surface area contributed by atoms with Gasteiger partial charge in [-0.15, -0.1) is 0 Å². The zero-order chi connectivity index (χ0) is 10.8. The maximum Gasteiger partial charge on any atom is 0.140 e. The van der Waals surface area contributed by atoms with Crippen molar-refractivity contribution >= 4 is 23.2 Å². The van der Waals surface area contributed by atoms with Crippen molar-refractivity contribution in [3.8, 4) is 5.75 Å². The molecule has 1 aliphatic rings. The predicted molar refractivity (Wildman–Crippen MR) is 63.1 cm³/mol. The molecule has 0 aliphatic carbocycles. The molecule has 1 N–H and O–H groups in total. The maximum atomic E-state index is 6.05. The highest BCUT2D eigenvalue weighted by Gasteiger charge is 2.20. The monoisotopic (exact) mass is 245 g/mol. The van der Waals surface area contributed by atoms with E-state index < -0.39 is 0 Å². The van der Waals surface area contributed by atoms with Gasteiger partial charge >= 0.3 is 0 Å². The van der Waals surface area contributed by atoms with E-state index in [4.69, 9.17) is 27.9 Å². The lowest BCUT2D eigenvalue weighted by Crippen LogP contribution is -2.43. The fourth-order valence-corrected chi connectivity index (χ4v) is 2.41. The van der Waals surface area contributed by atoms with Crippen LogP contribution in [0.2, 0.25) is 10.0 Å². The summed E-state index contributed by atoms with van der Waals surface area (Å²) < 4.78 is 5.29. The molecule has 15 heavy (non-hydrogen) atoms. The van der Waals surface area contributed by atoms with Crippen molar-refractivity contribution in [2.75, 3.05) is 20.2 Å². The van der Waals surface area contributed by atoms with Crippen LogP contribution in [0.15, 0.2) is 12.1 Å². The van der Waals surface area contributed by atoms with E-state index in [9.17, 15) is 0 Å². The van der Waals surface area contributed by atoms with Crippen LogP contribution in [0.4, 0.5) is 0 Å². The van der Waals surface area contributed by atoms with Gasteiger partial charge in [-0.2, -0.15) is 0 Å². The van der Waals surface area contributed by atoms with E-state index in [-0.39, 0.29) is 0 Å². The van der Waals surface area contributed by atoms with Crippen LogP contribution in [0.5, 0.6) is 5.75 Å². The molecular weight excluding hydrogens is 233 g/mol. The summed E-state index contributed by atoms with van der Waals surface area (Å²) in [6, 6.07) is 3.65. The van der Waals surface area contributed by atoms with Crippen molar-refractivity contribution in [3.63, 3.8) is 0 Å². The molecule has 1 saturated heterocycles. The largest absolute Gasteiger partial charge is 0.495 e. The smallest absolute Gasteiger partial charge is 0.140 e. The van der Waals surface area contributed by atoms with Gasteiger partial charge in [0.1, 0.15) is 5.75 Å². The third kappa shape index (κ3) is 2.39. The number of rotatable bonds is 3. The Morgan fingerprint density at radius 3 is 2.67 bits per heavy atom. The fraction of sp³-hybridized carbons (Fsp3) is 0.455. The number of hydrogen-bond acceptors (Lipinski definition) is 2. The van der Waals surface area contributed by atoms with Gasteiger partial charge in [0.25, 0.3) is 0 Å². The van der Waals surface area contributed by atoms with Crippen molar-refractivity contribution in [1.29, 1.82) is 0 Å². The van der Waals surface area contributed by atoms with Gasteiger partial charge in [-0.25, -0.2) is 0 Å². The van der Waals surface area contributed by atoms with Gasteiger partial charge in [-0.1, -0.05) is 23.2 Å². The van der Waals surface area contributed by atoms with Crippen LogP contribution < -0.4 is 10.1 Å². The molecular formula is C11H13Cl2NO. The first-order chi connectivity index (χ1) is 7.20. The second-order valence-electron chi connectivity index (χ2n) is 3.81. The van der Waals surface area contributed by atoms with Gasteiger partial charge in [-0.3, -0.25) is 0 Å². The minimum Gasteiger partial charge on any atom is -0.495 e. The number of halogens is 2. The zero-order valence-electron chi connectivity index (χ0n) is 8.52. The van der Waals surface area contributed by atoms with E-state index in [0.29, 0.717) is 16.0 Å². The van der Waals surface area contributed by atoms with Gasteiger partial charge in [0, 0.05) is 5.02 Å². The molecule has 1 aromatic carbocycles. The van der Waals surface area contributed by atoms with Crippen molar-refractivity contribution in [2.24, 2.45) is 5.92 Å². The average Bonchev–Trinajstić information content (AvgIpc) is 2.10.